The lowest BCUT2D eigenvalue weighted by Crippen LogP contribution is -2.12. The largest absolute Gasteiger partial charge is 0.326 e. The van der Waals surface area contributed by atoms with E-state index in [1.807, 2.05) is 12.1 Å². The Morgan fingerprint density at radius 1 is 1.18 bits per heavy atom. The van der Waals surface area contributed by atoms with Crippen LogP contribution in [0.1, 0.15) is 43.7 Å². The molecule has 0 fully saturated rings. The molecule has 1 aromatic carbocycles. The smallest absolute Gasteiger partial charge is 0.228 e. The molecule has 0 aromatic heterocycles. The fourth-order valence-corrected chi connectivity index (χ4v) is 3.18. The van der Waals surface area contributed by atoms with Gasteiger partial charge in [0.15, 0.2) is 0 Å². The Balaban J connectivity index is 1.61. The van der Waals surface area contributed by atoms with Crippen LogP contribution in [0.25, 0.3) is 0 Å². The van der Waals surface area contributed by atoms with Crippen molar-refractivity contribution in [2.24, 2.45) is 0 Å². The van der Waals surface area contributed by atoms with Gasteiger partial charge in [-0.3, -0.25) is 4.79 Å². The summed E-state index contributed by atoms with van der Waals surface area (Å²) in [6, 6.07) is 6.32. The summed E-state index contributed by atoms with van der Waals surface area (Å²) in [4.78, 5) is 12.3. The van der Waals surface area contributed by atoms with Gasteiger partial charge in [0.2, 0.25) is 5.91 Å². The number of allylic oxidation sites excluding steroid dienone is 5. The number of fused-ring (bicyclic) bond motifs is 1. The zero-order valence-electron chi connectivity index (χ0n) is 13.2. The molecule has 0 unspecified atom stereocenters. The summed E-state index contributed by atoms with van der Waals surface area (Å²) in [5.41, 5.74) is 6.25. The number of benzene rings is 1. The maximum atomic E-state index is 12.3. The Hall–Kier alpha value is -2.09. The summed E-state index contributed by atoms with van der Waals surface area (Å²) in [5.74, 6) is 0.0823. The minimum Gasteiger partial charge on any atom is -0.326 e. The molecule has 114 valence electrons. The highest BCUT2D eigenvalue weighted by molar-refractivity contribution is 5.92. The molecule has 0 saturated heterocycles. The summed E-state index contributed by atoms with van der Waals surface area (Å²) in [6.45, 7) is 2.11. The Kier molecular flexibility index (Phi) is 4.57. The summed E-state index contributed by atoms with van der Waals surface area (Å²) in [7, 11) is 0. The van der Waals surface area contributed by atoms with Crippen molar-refractivity contribution < 1.29 is 4.79 Å². The van der Waals surface area contributed by atoms with Crippen molar-refractivity contribution in [3.05, 3.63) is 64.8 Å². The average molecular weight is 293 g/mol. The third-order valence-corrected chi connectivity index (χ3v) is 4.39. The number of anilines is 1. The highest BCUT2D eigenvalue weighted by atomic mass is 16.1. The highest BCUT2D eigenvalue weighted by Crippen LogP contribution is 2.25. The predicted octanol–water partition coefficient (Wildman–Crippen LogP) is 4.73. The van der Waals surface area contributed by atoms with Crippen LogP contribution >= 0.6 is 0 Å². The zero-order chi connectivity index (χ0) is 15.4. The van der Waals surface area contributed by atoms with Crippen LogP contribution in [0.2, 0.25) is 0 Å². The molecule has 0 saturated carbocycles. The minimum atomic E-state index is 0.0823. The first-order valence-corrected chi connectivity index (χ1v) is 8.15. The van der Waals surface area contributed by atoms with Gasteiger partial charge in [0.25, 0.3) is 0 Å². The third kappa shape index (κ3) is 3.76. The maximum absolute atomic E-state index is 12.3. The van der Waals surface area contributed by atoms with Gasteiger partial charge < -0.3 is 5.32 Å². The average Bonchev–Trinajstić information content (AvgIpc) is 2.92. The molecule has 0 radical (unpaired) electrons. The van der Waals surface area contributed by atoms with Crippen molar-refractivity contribution >= 4 is 11.6 Å². The minimum absolute atomic E-state index is 0.0823. The zero-order valence-corrected chi connectivity index (χ0v) is 13.2. The first-order valence-electron chi connectivity index (χ1n) is 8.15. The van der Waals surface area contributed by atoms with Crippen molar-refractivity contribution in [3.63, 3.8) is 0 Å². The molecule has 3 rings (SSSR count). The fourth-order valence-electron chi connectivity index (χ4n) is 3.18. The van der Waals surface area contributed by atoms with Gasteiger partial charge in [-0.25, -0.2) is 0 Å². The molecule has 0 spiro atoms. The number of hydrogen-bond acceptors (Lipinski definition) is 1. The lowest BCUT2D eigenvalue weighted by Gasteiger charge is -2.10. The SMILES string of the molecule is CC1=CCC/C(CC(=O)Nc2ccc3c(c2)CCC3)=C\C=C/1. The topological polar surface area (TPSA) is 29.1 Å². The summed E-state index contributed by atoms with van der Waals surface area (Å²) in [5, 5.41) is 3.04. The van der Waals surface area contributed by atoms with Gasteiger partial charge in [0.1, 0.15) is 0 Å². The molecule has 1 amide bonds. The van der Waals surface area contributed by atoms with E-state index in [1.165, 1.54) is 35.1 Å². The van der Waals surface area contributed by atoms with Gasteiger partial charge in [-0.2, -0.15) is 0 Å². The van der Waals surface area contributed by atoms with Crippen LogP contribution < -0.4 is 5.32 Å². The van der Waals surface area contributed by atoms with Gasteiger partial charge in [0, 0.05) is 12.1 Å². The molecule has 2 heteroatoms. The van der Waals surface area contributed by atoms with Crippen molar-refractivity contribution in [2.75, 3.05) is 5.32 Å². The monoisotopic (exact) mass is 293 g/mol. The van der Waals surface area contributed by atoms with Gasteiger partial charge in [-0.05, 0) is 62.3 Å². The molecule has 0 bridgehead atoms. The molecule has 1 N–H and O–H groups in total. The number of rotatable bonds is 3. The third-order valence-electron chi connectivity index (χ3n) is 4.39. The number of carbonyl (C=O) groups is 1. The number of amides is 1. The van der Waals surface area contributed by atoms with E-state index in [9.17, 15) is 4.79 Å². The second-order valence-corrected chi connectivity index (χ2v) is 6.23. The van der Waals surface area contributed by atoms with Crippen LogP contribution in [0, 0.1) is 0 Å². The van der Waals surface area contributed by atoms with Gasteiger partial charge in [-0.15, -0.1) is 0 Å². The number of nitrogens with one attached hydrogen (secondary N) is 1. The Morgan fingerprint density at radius 2 is 2.05 bits per heavy atom. The molecular formula is C20H23NO. The molecule has 2 aliphatic rings. The molecule has 1 aromatic rings. The van der Waals surface area contributed by atoms with Crippen LogP contribution in [-0.2, 0) is 17.6 Å². The van der Waals surface area contributed by atoms with Crippen LogP contribution in [0.5, 0.6) is 0 Å². The second-order valence-electron chi connectivity index (χ2n) is 6.23. The predicted molar refractivity (Wildman–Crippen MR) is 91.9 cm³/mol. The normalized spacial score (nSPS) is 21.0. The van der Waals surface area contributed by atoms with E-state index in [2.05, 4.69) is 42.6 Å². The highest BCUT2D eigenvalue weighted by Gasteiger charge is 2.12. The molecule has 22 heavy (non-hydrogen) atoms. The van der Waals surface area contributed by atoms with Crippen LogP contribution in [-0.4, -0.2) is 5.91 Å². The Morgan fingerprint density at radius 3 is 2.95 bits per heavy atom. The molecular weight excluding hydrogens is 270 g/mol. The van der Waals surface area contributed by atoms with Crippen molar-refractivity contribution in [1.29, 1.82) is 0 Å². The Labute approximate surface area is 132 Å². The maximum Gasteiger partial charge on any atom is 0.228 e. The van der Waals surface area contributed by atoms with Gasteiger partial charge >= 0.3 is 0 Å². The molecule has 0 heterocycles. The van der Waals surface area contributed by atoms with Crippen LogP contribution in [0.3, 0.4) is 0 Å². The van der Waals surface area contributed by atoms with E-state index in [-0.39, 0.29) is 5.91 Å². The van der Waals surface area contributed by atoms with Crippen molar-refractivity contribution in [1.82, 2.24) is 0 Å². The van der Waals surface area contributed by atoms with Crippen molar-refractivity contribution in [2.45, 2.75) is 45.4 Å². The van der Waals surface area contributed by atoms with E-state index >= 15 is 0 Å². The summed E-state index contributed by atoms with van der Waals surface area (Å²) in [6.07, 6.45) is 14.4. The summed E-state index contributed by atoms with van der Waals surface area (Å²) >= 11 is 0. The molecule has 0 atom stereocenters. The van der Waals surface area contributed by atoms with Crippen LogP contribution in [0.15, 0.2) is 53.6 Å². The molecule has 2 nitrogen and oxygen atoms in total. The lowest BCUT2D eigenvalue weighted by molar-refractivity contribution is -0.115. The van der Waals surface area contributed by atoms with E-state index in [0.29, 0.717) is 6.42 Å². The second kappa shape index (κ2) is 6.78. The quantitative estimate of drug-likeness (QED) is 0.858. The number of carbonyl (C=O) groups excluding carboxylic acids is 1. The molecule has 0 aliphatic heterocycles. The fraction of sp³-hybridized carbons (Fsp3) is 0.350. The lowest BCUT2D eigenvalue weighted by atomic mass is 10.0. The van der Waals surface area contributed by atoms with E-state index < -0.39 is 0 Å². The van der Waals surface area contributed by atoms with E-state index in [4.69, 9.17) is 0 Å². The standard InChI is InChI=1S/C20H23NO/c1-15-5-2-7-16(8-3-6-15)13-20(22)21-19-12-11-17-9-4-10-18(17)14-19/h2,5-7,11-12,14H,3-4,8-10,13H2,1H3,(H,21,22)/b5-2-,15-6?,16-7+. The number of hydrogen-bond donors (Lipinski definition) is 1. The summed E-state index contributed by atoms with van der Waals surface area (Å²) < 4.78 is 0. The molecule has 2 aliphatic carbocycles. The van der Waals surface area contributed by atoms with Gasteiger partial charge in [-0.1, -0.05) is 41.5 Å². The Bertz CT molecular complexity index is 664. The van der Waals surface area contributed by atoms with Crippen molar-refractivity contribution in [3.8, 4) is 0 Å². The van der Waals surface area contributed by atoms with Gasteiger partial charge in [0.05, 0.1) is 0 Å². The first-order chi connectivity index (χ1) is 10.7. The van der Waals surface area contributed by atoms with E-state index in [0.717, 1.165) is 24.9 Å². The first kappa shape index (κ1) is 14.8. The van der Waals surface area contributed by atoms with E-state index in [1.54, 1.807) is 0 Å². The van der Waals surface area contributed by atoms with Crippen LogP contribution in [0.4, 0.5) is 5.69 Å². The number of aryl methyl sites for hydroxylation is 2.